The topological polar surface area (TPSA) is 299 Å². The van der Waals surface area contributed by atoms with Crippen LogP contribution in [0.15, 0.2) is 4.99 Å². The number of guanidine groups is 1. The molecule has 188 valence electrons. The Balaban J connectivity index is 5.46. The van der Waals surface area contributed by atoms with Gasteiger partial charge in [0.25, 0.3) is 0 Å². The number of carboxylic acid groups (broad SMARTS) is 1. The van der Waals surface area contributed by atoms with Gasteiger partial charge in [-0.2, -0.15) is 0 Å². The molecule has 33 heavy (non-hydrogen) atoms. The normalized spacial score (nSPS) is 15.2. The van der Waals surface area contributed by atoms with E-state index in [0.717, 1.165) is 0 Å². The summed E-state index contributed by atoms with van der Waals surface area (Å²) >= 11 is 0. The average molecular weight is 476 g/mol. The van der Waals surface area contributed by atoms with Crippen LogP contribution in [-0.2, 0) is 24.0 Å². The fourth-order valence-corrected chi connectivity index (χ4v) is 2.47. The molecule has 0 saturated carbocycles. The number of hydrogen-bond donors (Lipinski definition) is 10. The van der Waals surface area contributed by atoms with Gasteiger partial charge in [-0.05, 0) is 19.8 Å². The Morgan fingerprint density at radius 3 is 1.97 bits per heavy atom. The van der Waals surface area contributed by atoms with Gasteiger partial charge in [-0.1, -0.05) is 0 Å². The number of aliphatic imine (C=N–C) groups is 1. The fraction of sp³-hybridized carbons (Fsp3) is 0.647. The lowest BCUT2D eigenvalue weighted by Crippen LogP contribution is -2.60. The first-order chi connectivity index (χ1) is 15.3. The first kappa shape index (κ1) is 29.5. The summed E-state index contributed by atoms with van der Waals surface area (Å²) < 4.78 is 0. The number of aliphatic hydroxyl groups is 2. The quantitative estimate of drug-likeness (QED) is 0.0602. The first-order valence-electron chi connectivity index (χ1n) is 9.82. The number of amides is 4. The molecular formula is C17H32N8O8. The van der Waals surface area contributed by atoms with Crippen LogP contribution in [0.25, 0.3) is 0 Å². The van der Waals surface area contributed by atoms with Crippen molar-refractivity contribution < 1.29 is 39.3 Å². The number of carbonyl (C=O) groups excluding carboxylic acids is 4. The minimum atomic E-state index is -1.63. The number of hydrogen-bond acceptors (Lipinski definition) is 9. The van der Waals surface area contributed by atoms with Crippen molar-refractivity contribution in [1.82, 2.24) is 16.0 Å². The molecule has 5 unspecified atom stereocenters. The maximum Gasteiger partial charge on any atom is 0.328 e. The second-order valence-electron chi connectivity index (χ2n) is 7.10. The van der Waals surface area contributed by atoms with Gasteiger partial charge >= 0.3 is 5.97 Å². The van der Waals surface area contributed by atoms with Crippen LogP contribution in [0.5, 0.6) is 0 Å². The molecule has 0 aliphatic carbocycles. The Kier molecular flexibility index (Phi) is 13.0. The van der Waals surface area contributed by atoms with Crippen molar-refractivity contribution in [3.8, 4) is 0 Å². The van der Waals surface area contributed by atoms with Gasteiger partial charge in [0.05, 0.1) is 25.2 Å². The van der Waals surface area contributed by atoms with Crippen molar-refractivity contribution in [3.63, 3.8) is 0 Å². The van der Waals surface area contributed by atoms with Crippen LogP contribution >= 0.6 is 0 Å². The van der Waals surface area contributed by atoms with Crippen LogP contribution in [0.1, 0.15) is 26.2 Å². The molecule has 0 aromatic carbocycles. The maximum absolute atomic E-state index is 12.7. The van der Waals surface area contributed by atoms with E-state index < -0.39 is 72.9 Å². The summed E-state index contributed by atoms with van der Waals surface area (Å²) in [4.78, 5) is 63.0. The lowest BCUT2D eigenvalue weighted by molar-refractivity contribution is -0.143. The first-order valence-corrected chi connectivity index (χ1v) is 9.82. The molecule has 0 bridgehead atoms. The van der Waals surface area contributed by atoms with Gasteiger partial charge in [-0.3, -0.25) is 24.2 Å². The summed E-state index contributed by atoms with van der Waals surface area (Å²) in [6.07, 6.45) is -1.83. The summed E-state index contributed by atoms with van der Waals surface area (Å²) in [6, 6.07) is -5.92. The van der Waals surface area contributed by atoms with Crippen molar-refractivity contribution >= 4 is 35.6 Å². The Bertz CT molecular complexity index is 741. The third kappa shape index (κ3) is 11.6. The predicted octanol–water partition coefficient (Wildman–Crippen LogP) is -5.85. The molecule has 14 N–H and O–H groups in total. The highest BCUT2D eigenvalue weighted by Gasteiger charge is 2.32. The number of carbonyl (C=O) groups is 5. The number of rotatable bonds is 15. The molecule has 16 nitrogen and oxygen atoms in total. The molecule has 0 radical (unpaired) electrons. The van der Waals surface area contributed by atoms with E-state index in [0.29, 0.717) is 0 Å². The number of nitrogens with two attached hydrogens (primary N) is 4. The molecule has 0 fully saturated rings. The number of primary amides is 1. The number of nitrogens with one attached hydrogen (secondary N) is 3. The van der Waals surface area contributed by atoms with Crippen molar-refractivity contribution in [1.29, 1.82) is 0 Å². The molecule has 0 aromatic rings. The Labute approximate surface area is 189 Å². The summed E-state index contributed by atoms with van der Waals surface area (Å²) in [5, 5.41) is 34.5. The molecule has 0 aliphatic heterocycles. The zero-order chi connectivity index (χ0) is 25.7. The lowest BCUT2D eigenvalue weighted by atomic mass is 10.1. The molecule has 0 saturated heterocycles. The van der Waals surface area contributed by atoms with E-state index in [1.165, 1.54) is 6.92 Å². The number of aliphatic carboxylic acids is 1. The van der Waals surface area contributed by atoms with E-state index in [9.17, 15) is 29.1 Å². The number of aliphatic hydroxyl groups excluding tert-OH is 2. The number of carboxylic acids is 1. The van der Waals surface area contributed by atoms with Gasteiger partial charge in [0.15, 0.2) is 5.96 Å². The molecule has 0 spiro atoms. The molecule has 0 aliphatic rings. The van der Waals surface area contributed by atoms with Crippen molar-refractivity contribution in [2.45, 2.75) is 56.5 Å². The van der Waals surface area contributed by atoms with E-state index in [-0.39, 0.29) is 25.3 Å². The summed E-state index contributed by atoms with van der Waals surface area (Å²) in [7, 11) is 0. The van der Waals surface area contributed by atoms with Crippen LogP contribution < -0.4 is 38.9 Å². The van der Waals surface area contributed by atoms with Crippen LogP contribution in [0.3, 0.4) is 0 Å². The van der Waals surface area contributed by atoms with Gasteiger partial charge in [-0.15, -0.1) is 0 Å². The Morgan fingerprint density at radius 1 is 0.939 bits per heavy atom. The number of nitrogens with zero attached hydrogens (tertiary/aromatic N) is 1. The maximum atomic E-state index is 12.7. The highest BCUT2D eigenvalue weighted by molar-refractivity contribution is 5.95. The van der Waals surface area contributed by atoms with Crippen molar-refractivity contribution in [2.24, 2.45) is 27.9 Å². The van der Waals surface area contributed by atoms with Crippen LogP contribution in [-0.4, -0.2) is 94.3 Å². The van der Waals surface area contributed by atoms with E-state index in [2.05, 4.69) is 20.9 Å². The minimum absolute atomic E-state index is 0.0617. The SMILES string of the molecule is CC(O)C(NC(=O)C(N)CC(N)=O)C(=O)NC(CCCN=C(N)N)C(=O)NC(CO)C(=O)O. The Morgan fingerprint density at radius 2 is 1.52 bits per heavy atom. The van der Waals surface area contributed by atoms with Gasteiger partial charge in [-0.25, -0.2) is 4.79 Å². The van der Waals surface area contributed by atoms with E-state index in [1.54, 1.807) is 0 Å². The van der Waals surface area contributed by atoms with Crippen LogP contribution in [0.4, 0.5) is 0 Å². The second-order valence-corrected chi connectivity index (χ2v) is 7.10. The highest BCUT2D eigenvalue weighted by Crippen LogP contribution is 2.03. The fourth-order valence-electron chi connectivity index (χ4n) is 2.47. The summed E-state index contributed by atoms with van der Waals surface area (Å²) in [5.74, 6) is -5.46. The smallest absolute Gasteiger partial charge is 0.328 e. The summed E-state index contributed by atoms with van der Waals surface area (Å²) in [5.41, 5.74) is 20.9. The van der Waals surface area contributed by atoms with Crippen LogP contribution in [0.2, 0.25) is 0 Å². The van der Waals surface area contributed by atoms with E-state index >= 15 is 0 Å². The largest absolute Gasteiger partial charge is 0.480 e. The molecule has 4 amide bonds. The Hall–Kier alpha value is -3.50. The highest BCUT2D eigenvalue weighted by atomic mass is 16.4. The van der Waals surface area contributed by atoms with Gasteiger partial charge in [0.2, 0.25) is 23.6 Å². The second kappa shape index (κ2) is 14.5. The van der Waals surface area contributed by atoms with Gasteiger partial charge < -0.3 is 54.2 Å². The van der Waals surface area contributed by atoms with Crippen LogP contribution in [0, 0.1) is 0 Å². The lowest BCUT2D eigenvalue weighted by Gasteiger charge is -2.26. The van der Waals surface area contributed by atoms with Gasteiger partial charge in [0.1, 0.15) is 18.1 Å². The van der Waals surface area contributed by atoms with E-state index in [4.69, 9.17) is 33.1 Å². The third-order valence-corrected chi connectivity index (χ3v) is 4.20. The molecule has 0 rings (SSSR count). The van der Waals surface area contributed by atoms with Crippen molar-refractivity contribution in [3.05, 3.63) is 0 Å². The monoisotopic (exact) mass is 476 g/mol. The molecular weight excluding hydrogens is 444 g/mol. The van der Waals surface area contributed by atoms with Gasteiger partial charge in [0, 0.05) is 6.54 Å². The molecule has 0 aromatic heterocycles. The van der Waals surface area contributed by atoms with E-state index in [1.807, 2.05) is 0 Å². The average Bonchev–Trinajstić information content (AvgIpc) is 2.70. The standard InChI is InChI=1S/C17H32N8O8/c1-7(27)12(25-13(29)8(18)5-11(19)28)15(31)23-9(3-2-4-22-17(20)21)14(30)24-10(6-26)16(32)33/h7-10,12,26-27H,2-6,18H2,1H3,(H2,19,28)(H,23,31)(H,24,30)(H,25,29)(H,32,33)(H4,20,21,22). The van der Waals surface area contributed by atoms with Crippen molar-refractivity contribution in [2.75, 3.05) is 13.2 Å². The zero-order valence-electron chi connectivity index (χ0n) is 18.1. The summed E-state index contributed by atoms with van der Waals surface area (Å²) in [6.45, 7) is 0.368. The molecule has 16 heteroatoms. The zero-order valence-corrected chi connectivity index (χ0v) is 18.1. The predicted molar refractivity (Wildman–Crippen MR) is 114 cm³/mol. The third-order valence-electron chi connectivity index (χ3n) is 4.20. The molecule has 5 atom stereocenters. The molecule has 0 heterocycles. The minimum Gasteiger partial charge on any atom is -0.480 e.